The van der Waals surface area contributed by atoms with Crippen LogP contribution in [-0.2, 0) is 19.9 Å². The van der Waals surface area contributed by atoms with Crippen molar-refractivity contribution in [1.29, 1.82) is 0 Å². The smallest absolute Gasteiger partial charge is 0.223 e. The summed E-state index contributed by atoms with van der Waals surface area (Å²) >= 11 is 0. The Bertz CT molecular complexity index is 608. The Labute approximate surface area is 114 Å². The number of sulfonamides is 1. The molecule has 0 atom stereocenters. The molecule has 0 radical (unpaired) electrons. The number of sulfone groups is 1. The average molecular weight is 305 g/mol. The first kappa shape index (κ1) is 14.7. The lowest BCUT2D eigenvalue weighted by atomic mass is 10.0. The van der Waals surface area contributed by atoms with E-state index in [2.05, 4.69) is 4.72 Å². The molecule has 0 amide bonds. The van der Waals surface area contributed by atoms with E-state index in [0.717, 1.165) is 19.3 Å². The van der Waals surface area contributed by atoms with Gasteiger partial charge < -0.3 is 0 Å². The molecule has 2 rings (SSSR count). The highest BCUT2D eigenvalue weighted by atomic mass is 32.2. The minimum absolute atomic E-state index is 0.129. The first-order valence-corrected chi connectivity index (χ1v) is 9.49. The van der Waals surface area contributed by atoms with Crippen LogP contribution in [0.25, 0.3) is 0 Å². The maximum Gasteiger partial charge on any atom is 0.236 e. The summed E-state index contributed by atoms with van der Waals surface area (Å²) in [5.41, 5.74) is 0. The third-order valence-electron chi connectivity index (χ3n) is 3.74. The van der Waals surface area contributed by atoms with Gasteiger partial charge in [-0.05, 0) is 26.0 Å². The lowest BCUT2D eigenvalue weighted by molar-refractivity contribution is 0.487. The van der Waals surface area contributed by atoms with E-state index in [4.69, 9.17) is 0 Å². The second kappa shape index (κ2) is 5.38. The summed E-state index contributed by atoms with van der Waals surface area (Å²) < 4.78 is 50.3. The fraction of sp³-hybridized carbons (Fsp3) is 0.667. The van der Waals surface area contributed by atoms with Crippen LogP contribution < -0.4 is 4.72 Å². The van der Waals surface area contributed by atoms with Crippen LogP contribution in [0.5, 0.6) is 0 Å². The number of nitrogens with one attached hydrogen (secondary N) is 1. The lowest BCUT2D eigenvalue weighted by Crippen LogP contribution is -2.24. The van der Waals surface area contributed by atoms with Gasteiger partial charge in [-0.15, -0.1) is 0 Å². The Kier molecular flexibility index (Phi) is 4.17. The molecule has 2 aliphatic rings. The predicted octanol–water partition coefficient (Wildman–Crippen LogP) is 1.45. The highest BCUT2D eigenvalue weighted by Gasteiger charge is 2.32. The largest absolute Gasteiger partial charge is 0.236 e. The van der Waals surface area contributed by atoms with Gasteiger partial charge in [0.2, 0.25) is 10.0 Å². The van der Waals surface area contributed by atoms with Crippen LogP contribution in [0.1, 0.15) is 38.5 Å². The van der Waals surface area contributed by atoms with Crippen LogP contribution in [0.15, 0.2) is 22.0 Å². The summed E-state index contributed by atoms with van der Waals surface area (Å²) in [7, 11) is -5.57. The van der Waals surface area contributed by atoms with Crippen molar-refractivity contribution in [2.24, 2.45) is 0 Å². The zero-order chi connectivity index (χ0) is 14.1. The first-order chi connectivity index (χ1) is 8.88. The van der Waals surface area contributed by atoms with Gasteiger partial charge in [-0.2, -0.15) is 0 Å². The van der Waals surface area contributed by atoms with Gasteiger partial charge >= 0.3 is 0 Å². The summed E-state index contributed by atoms with van der Waals surface area (Å²) in [5.74, 6) is 0. The third kappa shape index (κ3) is 2.93. The highest BCUT2D eigenvalue weighted by molar-refractivity contribution is 7.96. The molecule has 0 aromatic rings. The van der Waals surface area contributed by atoms with Crippen LogP contribution in [0.4, 0.5) is 0 Å². The van der Waals surface area contributed by atoms with Crippen LogP contribution in [-0.4, -0.2) is 29.1 Å². The number of hydrogen-bond donors (Lipinski definition) is 1. The third-order valence-corrected chi connectivity index (χ3v) is 7.54. The monoisotopic (exact) mass is 305 g/mol. The van der Waals surface area contributed by atoms with Gasteiger partial charge in [-0.25, -0.2) is 21.6 Å². The summed E-state index contributed by atoms with van der Waals surface area (Å²) in [6.07, 6.45) is 7.28. The molecule has 0 heterocycles. The standard InChI is InChI=1S/C12H19NO4S2/c1-13-19(16,17)12-8-7-11(9-12)18(14,15)10-5-3-2-4-6-10/h7,9-10,13H,2-6,8H2,1H3. The molecule has 19 heavy (non-hydrogen) atoms. The van der Waals surface area contributed by atoms with Crippen LogP contribution in [0.3, 0.4) is 0 Å². The number of hydrogen-bond acceptors (Lipinski definition) is 4. The zero-order valence-electron chi connectivity index (χ0n) is 10.9. The maximum atomic E-state index is 12.4. The minimum Gasteiger partial charge on any atom is -0.223 e. The molecule has 1 saturated carbocycles. The van der Waals surface area contributed by atoms with Gasteiger partial charge in [0.05, 0.1) is 15.1 Å². The molecule has 0 saturated heterocycles. The number of rotatable bonds is 4. The number of allylic oxidation sites excluding steroid dienone is 3. The van der Waals surface area contributed by atoms with Crippen molar-refractivity contribution in [1.82, 2.24) is 4.72 Å². The summed E-state index contributed by atoms with van der Waals surface area (Å²) in [6, 6.07) is 0. The molecule has 5 nitrogen and oxygen atoms in total. The van der Waals surface area contributed by atoms with E-state index in [-0.39, 0.29) is 21.5 Å². The van der Waals surface area contributed by atoms with Crippen molar-refractivity contribution in [2.45, 2.75) is 43.8 Å². The van der Waals surface area contributed by atoms with Crippen molar-refractivity contribution in [2.75, 3.05) is 7.05 Å². The van der Waals surface area contributed by atoms with E-state index in [9.17, 15) is 16.8 Å². The van der Waals surface area contributed by atoms with Gasteiger partial charge in [-0.3, -0.25) is 0 Å². The molecule has 0 bridgehead atoms. The van der Waals surface area contributed by atoms with Crippen molar-refractivity contribution in [3.8, 4) is 0 Å². The molecule has 1 fully saturated rings. The topological polar surface area (TPSA) is 80.3 Å². The lowest BCUT2D eigenvalue weighted by Gasteiger charge is -2.21. The fourth-order valence-corrected chi connectivity index (χ4v) is 5.44. The van der Waals surface area contributed by atoms with Crippen LogP contribution in [0.2, 0.25) is 0 Å². The molecular formula is C12H19NO4S2. The Balaban J connectivity index is 2.24. The first-order valence-electron chi connectivity index (χ1n) is 6.46. The van der Waals surface area contributed by atoms with Crippen molar-refractivity contribution >= 4 is 19.9 Å². The summed E-state index contributed by atoms with van der Waals surface area (Å²) in [5, 5.41) is -0.347. The molecule has 0 aromatic heterocycles. The van der Waals surface area contributed by atoms with E-state index in [1.165, 1.54) is 19.2 Å². The van der Waals surface area contributed by atoms with E-state index in [1.807, 2.05) is 0 Å². The van der Waals surface area contributed by atoms with E-state index < -0.39 is 19.9 Å². The second-order valence-electron chi connectivity index (χ2n) is 4.93. The normalized spacial score (nSPS) is 22.2. The van der Waals surface area contributed by atoms with Gasteiger partial charge in [-0.1, -0.05) is 25.3 Å². The Hall–Kier alpha value is -0.660. The van der Waals surface area contributed by atoms with Gasteiger partial charge in [0, 0.05) is 6.42 Å². The van der Waals surface area contributed by atoms with Crippen LogP contribution >= 0.6 is 0 Å². The van der Waals surface area contributed by atoms with E-state index >= 15 is 0 Å². The quantitative estimate of drug-likeness (QED) is 0.852. The molecule has 0 unspecified atom stereocenters. The average Bonchev–Trinajstić information content (AvgIpc) is 2.91. The molecule has 2 aliphatic carbocycles. The Morgan fingerprint density at radius 3 is 2.32 bits per heavy atom. The minimum atomic E-state index is -3.53. The molecule has 0 spiro atoms. The van der Waals surface area contributed by atoms with Gasteiger partial charge in [0.15, 0.2) is 9.84 Å². The molecule has 1 N–H and O–H groups in total. The van der Waals surface area contributed by atoms with Crippen molar-refractivity contribution in [3.05, 3.63) is 22.0 Å². The van der Waals surface area contributed by atoms with E-state index in [0.29, 0.717) is 12.8 Å². The van der Waals surface area contributed by atoms with Crippen molar-refractivity contribution < 1.29 is 16.8 Å². The predicted molar refractivity (Wildman–Crippen MR) is 74.6 cm³/mol. The Morgan fingerprint density at radius 2 is 1.74 bits per heavy atom. The van der Waals surface area contributed by atoms with Crippen molar-refractivity contribution in [3.63, 3.8) is 0 Å². The molecule has 0 aliphatic heterocycles. The maximum absolute atomic E-state index is 12.4. The molecular weight excluding hydrogens is 286 g/mol. The van der Waals surface area contributed by atoms with E-state index in [1.54, 1.807) is 0 Å². The summed E-state index contributed by atoms with van der Waals surface area (Å²) in [4.78, 5) is 0.303. The molecule has 0 aromatic carbocycles. The SMILES string of the molecule is CNS(=O)(=O)C1=CC(S(=O)(=O)C2CCCCC2)=CC1. The van der Waals surface area contributed by atoms with Gasteiger partial charge in [0.25, 0.3) is 0 Å². The second-order valence-corrected chi connectivity index (χ2v) is 9.10. The summed E-state index contributed by atoms with van der Waals surface area (Å²) in [6.45, 7) is 0. The fourth-order valence-electron chi connectivity index (χ4n) is 2.56. The van der Waals surface area contributed by atoms with Gasteiger partial charge in [0.1, 0.15) is 0 Å². The molecule has 7 heteroatoms. The highest BCUT2D eigenvalue weighted by Crippen LogP contribution is 2.32. The zero-order valence-corrected chi connectivity index (χ0v) is 12.6. The molecule has 108 valence electrons. The van der Waals surface area contributed by atoms with Crippen LogP contribution in [0, 0.1) is 0 Å². The Morgan fingerprint density at radius 1 is 1.11 bits per heavy atom.